The quantitative estimate of drug-likeness (QED) is 0.625. The lowest BCUT2D eigenvalue weighted by molar-refractivity contribution is 1.18. The van der Waals surface area contributed by atoms with Gasteiger partial charge in [0.05, 0.1) is 0 Å². The van der Waals surface area contributed by atoms with Gasteiger partial charge in [-0.2, -0.15) is 0 Å². The first-order valence-electron chi connectivity index (χ1n) is 3.72. The maximum atomic E-state index is 4.92. The first-order valence-corrected chi connectivity index (χ1v) is 4.13. The average Bonchev–Trinajstić information content (AvgIpc) is 2.04. The summed E-state index contributed by atoms with van der Waals surface area (Å²) in [4.78, 5) is 7.06. The van der Waals surface area contributed by atoms with Gasteiger partial charge < -0.3 is 4.98 Å². The third kappa shape index (κ3) is 1.12. The molecule has 0 aliphatic carbocycles. The van der Waals surface area contributed by atoms with Gasteiger partial charge in [-0.15, -0.1) is 0 Å². The summed E-state index contributed by atoms with van der Waals surface area (Å²) in [6, 6.07) is 6.06. The van der Waals surface area contributed by atoms with Crippen LogP contribution in [0.4, 0.5) is 0 Å². The first-order chi connectivity index (χ1) is 5.77. The number of aryl methyl sites for hydroxylation is 1. The lowest BCUT2D eigenvalue weighted by Crippen LogP contribution is -1.85. The molecule has 0 saturated heterocycles. The Morgan fingerprint density at radius 1 is 1.42 bits per heavy atom. The monoisotopic (exact) mass is 176 g/mol. The second-order valence-corrected chi connectivity index (χ2v) is 3.11. The zero-order chi connectivity index (χ0) is 8.55. The Balaban J connectivity index is 2.96. The maximum absolute atomic E-state index is 4.92. The zero-order valence-corrected chi connectivity index (χ0v) is 7.48. The van der Waals surface area contributed by atoms with Crippen LogP contribution in [-0.2, 0) is 0 Å². The number of nitrogens with zero attached hydrogens (tertiary/aromatic N) is 1. The van der Waals surface area contributed by atoms with Gasteiger partial charge in [-0.05, 0) is 30.8 Å². The number of rotatable bonds is 0. The van der Waals surface area contributed by atoms with Gasteiger partial charge in [0.15, 0.2) is 4.77 Å². The molecule has 1 heterocycles. The van der Waals surface area contributed by atoms with E-state index in [1.807, 2.05) is 18.3 Å². The predicted octanol–water partition coefficient (Wildman–Crippen LogP) is 2.60. The highest BCUT2D eigenvalue weighted by molar-refractivity contribution is 7.71. The van der Waals surface area contributed by atoms with Gasteiger partial charge >= 0.3 is 0 Å². The predicted molar refractivity (Wildman–Crippen MR) is 51.7 cm³/mol. The fourth-order valence-corrected chi connectivity index (χ4v) is 1.39. The standard InChI is InChI=1S/C9H8N2S/c1-6-3-2-4-8-7(6)5-10-9(12)11-8/h2-5H,1H3,(H,10,11,12). The lowest BCUT2D eigenvalue weighted by Gasteiger charge is -1.99. The van der Waals surface area contributed by atoms with Crippen molar-refractivity contribution in [3.05, 3.63) is 34.7 Å². The van der Waals surface area contributed by atoms with E-state index in [2.05, 4.69) is 23.0 Å². The topological polar surface area (TPSA) is 28.7 Å². The van der Waals surface area contributed by atoms with Crippen molar-refractivity contribution in [2.75, 3.05) is 0 Å². The zero-order valence-electron chi connectivity index (χ0n) is 6.66. The van der Waals surface area contributed by atoms with Crippen molar-refractivity contribution < 1.29 is 0 Å². The van der Waals surface area contributed by atoms with Crippen LogP contribution in [0.2, 0.25) is 0 Å². The number of aromatic nitrogens is 2. The molecule has 1 N–H and O–H groups in total. The average molecular weight is 176 g/mol. The minimum absolute atomic E-state index is 0.535. The van der Waals surface area contributed by atoms with Gasteiger partial charge in [-0.3, -0.25) is 0 Å². The molecule has 3 heteroatoms. The molecule has 0 aliphatic rings. The van der Waals surface area contributed by atoms with Crippen molar-refractivity contribution >= 4 is 23.1 Å². The van der Waals surface area contributed by atoms with Crippen molar-refractivity contribution in [3.8, 4) is 0 Å². The fraction of sp³-hybridized carbons (Fsp3) is 0.111. The SMILES string of the molecule is Cc1cccc2[nH]c(=S)ncc12. The van der Waals surface area contributed by atoms with Crippen LogP contribution in [0.25, 0.3) is 10.9 Å². The van der Waals surface area contributed by atoms with E-state index in [-0.39, 0.29) is 0 Å². The molecule has 0 radical (unpaired) electrons. The summed E-state index contributed by atoms with van der Waals surface area (Å²) < 4.78 is 0.535. The Morgan fingerprint density at radius 3 is 3.08 bits per heavy atom. The van der Waals surface area contributed by atoms with E-state index >= 15 is 0 Å². The number of H-pyrrole nitrogens is 1. The van der Waals surface area contributed by atoms with E-state index in [4.69, 9.17) is 12.2 Å². The number of aromatic amines is 1. The molecule has 0 amide bonds. The van der Waals surface area contributed by atoms with Gasteiger partial charge in [0.25, 0.3) is 0 Å². The summed E-state index contributed by atoms with van der Waals surface area (Å²) in [5, 5.41) is 1.13. The summed E-state index contributed by atoms with van der Waals surface area (Å²) in [6.45, 7) is 2.06. The van der Waals surface area contributed by atoms with Crippen LogP contribution in [0.1, 0.15) is 5.56 Å². The summed E-state index contributed by atoms with van der Waals surface area (Å²) >= 11 is 4.92. The van der Waals surface area contributed by atoms with E-state index in [9.17, 15) is 0 Å². The van der Waals surface area contributed by atoms with Gasteiger partial charge in [0.2, 0.25) is 0 Å². The molecule has 0 spiro atoms. The molecule has 2 rings (SSSR count). The second kappa shape index (κ2) is 2.68. The van der Waals surface area contributed by atoms with Crippen LogP contribution in [0.5, 0.6) is 0 Å². The molecule has 0 aliphatic heterocycles. The highest BCUT2D eigenvalue weighted by atomic mass is 32.1. The van der Waals surface area contributed by atoms with E-state index in [0.717, 1.165) is 10.9 Å². The highest BCUT2D eigenvalue weighted by Gasteiger charge is 1.94. The van der Waals surface area contributed by atoms with Crippen molar-refractivity contribution in [1.29, 1.82) is 0 Å². The molecule has 1 aromatic carbocycles. The van der Waals surface area contributed by atoms with E-state index in [1.165, 1.54) is 5.56 Å². The summed E-state index contributed by atoms with van der Waals surface area (Å²) in [5.41, 5.74) is 2.27. The summed E-state index contributed by atoms with van der Waals surface area (Å²) in [7, 11) is 0. The molecule has 1 aromatic heterocycles. The second-order valence-electron chi connectivity index (χ2n) is 2.72. The van der Waals surface area contributed by atoms with Gasteiger partial charge in [-0.25, -0.2) is 4.98 Å². The molecule has 2 aromatic rings. The van der Waals surface area contributed by atoms with Crippen LogP contribution in [0, 0.1) is 11.7 Å². The Hall–Kier alpha value is -1.22. The van der Waals surface area contributed by atoms with Crippen LogP contribution in [-0.4, -0.2) is 9.97 Å². The highest BCUT2D eigenvalue weighted by Crippen LogP contribution is 2.13. The third-order valence-electron chi connectivity index (χ3n) is 1.88. The smallest absolute Gasteiger partial charge is 0.197 e. The van der Waals surface area contributed by atoms with E-state index < -0.39 is 0 Å². The largest absolute Gasteiger partial charge is 0.330 e. The fourth-order valence-electron chi connectivity index (χ4n) is 1.23. The van der Waals surface area contributed by atoms with Crippen molar-refractivity contribution in [3.63, 3.8) is 0 Å². The minimum Gasteiger partial charge on any atom is -0.330 e. The van der Waals surface area contributed by atoms with E-state index in [1.54, 1.807) is 0 Å². The van der Waals surface area contributed by atoms with Gasteiger partial charge in [-0.1, -0.05) is 12.1 Å². The van der Waals surface area contributed by atoms with Crippen LogP contribution >= 0.6 is 12.2 Å². The summed E-state index contributed by atoms with van der Waals surface area (Å²) in [5.74, 6) is 0. The Bertz CT molecular complexity index is 473. The minimum atomic E-state index is 0.535. The number of benzene rings is 1. The van der Waals surface area contributed by atoms with Crippen LogP contribution in [0.3, 0.4) is 0 Å². The van der Waals surface area contributed by atoms with Crippen molar-refractivity contribution in [2.45, 2.75) is 6.92 Å². The normalized spacial score (nSPS) is 10.4. The Labute approximate surface area is 75.3 Å². The molecule has 0 unspecified atom stereocenters. The molecule has 0 fully saturated rings. The molecule has 0 bridgehead atoms. The number of nitrogens with one attached hydrogen (secondary N) is 1. The molecular weight excluding hydrogens is 168 g/mol. The molecular formula is C9H8N2S. The first kappa shape index (κ1) is 7.43. The number of fused-ring (bicyclic) bond motifs is 1. The molecule has 0 atom stereocenters. The van der Waals surface area contributed by atoms with Gasteiger partial charge in [0, 0.05) is 17.1 Å². The van der Waals surface area contributed by atoms with E-state index in [0.29, 0.717) is 4.77 Å². The van der Waals surface area contributed by atoms with Gasteiger partial charge in [0.1, 0.15) is 0 Å². The lowest BCUT2D eigenvalue weighted by atomic mass is 10.1. The third-order valence-corrected chi connectivity index (χ3v) is 2.08. The molecule has 2 nitrogen and oxygen atoms in total. The van der Waals surface area contributed by atoms with Crippen molar-refractivity contribution in [1.82, 2.24) is 9.97 Å². The molecule has 0 saturated carbocycles. The van der Waals surface area contributed by atoms with Crippen LogP contribution < -0.4 is 0 Å². The number of hydrogen-bond acceptors (Lipinski definition) is 2. The Morgan fingerprint density at radius 2 is 2.25 bits per heavy atom. The molecule has 60 valence electrons. The van der Waals surface area contributed by atoms with Crippen LogP contribution in [0.15, 0.2) is 24.4 Å². The number of hydrogen-bond donors (Lipinski definition) is 1. The van der Waals surface area contributed by atoms with Crippen molar-refractivity contribution in [2.24, 2.45) is 0 Å². The maximum Gasteiger partial charge on any atom is 0.197 e. The Kier molecular flexibility index (Phi) is 1.66. The molecule has 12 heavy (non-hydrogen) atoms. The summed E-state index contributed by atoms with van der Waals surface area (Å²) in [6.07, 6.45) is 1.81.